The molecule has 0 saturated carbocycles. The normalized spacial score (nSPS) is 17.5. The molecule has 4 rings (SSSR count). The van der Waals surface area contributed by atoms with Crippen molar-refractivity contribution in [1.82, 2.24) is 19.3 Å². The average molecular weight is 487 g/mol. The van der Waals surface area contributed by atoms with Crippen LogP contribution in [-0.2, 0) is 16.4 Å². The van der Waals surface area contributed by atoms with E-state index < -0.39 is 9.84 Å². The summed E-state index contributed by atoms with van der Waals surface area (Å²) in [6, 6.07) is 9.98. The standard InChI is InChI=1S/C24H30N4O3S2/c1-5-10-27-23(19-8-6-7-16(2)12-19)25-26-24(27)32-14-22(29)21-13-17(3)28(18(21)4)20-9-11-33(30,31)15-20/h6-8,12-13,20H,5,9-11,14-15H2,1-4H3. The topological polar surface area (TPSA) is 86.9 Å². The first-order chi connectivity index (χ1) is 15.7. The van der Waals surface area contributed by atoms with Crippen LogP contribution in [0.15, 0.2) is 35.5 Å². The Morgan fingerprint density at radius 1 is 1.18 bits per heavy atom. The number of Topliss-reactive ketones (excluding diaryl/α,β-unsaturated/α-hetero) is 1. The van der Waals surface area contributed by atoms with Crippen molar-refractivity contribution in [3.8, 4) is 11.4 Å². The van der Waals surface area contributed by atoms with Gasteiger partial charge in [-0.1, -0.05) is 42.4 Å². The number of hydrogen-bond acceptors (Lipinski definition) is 6. The number of benzene rings is 1. The van der Waals surface area contributed by atoms with Crippen molar-refractivity contribution in [2.45, 2.75) is 58.3 Å². The van der Waals surface area contributed by atoms with Crippen LogP contribution in [-0.4, -0.2) is 50.8 Å². The highest BCUT2D eigenvalue weighted by Gasteiger charge is 2.31. The van der Waals surface area contributed by atoms with E-state index in [1.165, 1.54) is 11.8 Å². The zero-order valence-electron chi connectivity index (χ0n) is 19.5. The summed E-state index contributed by atoms with van der Waals surface area (Å²) in [6.07, 6.45) is 1.53. The molecule has 3 aromatic rings. The molecule has 0 N–H and O–H groups in total. The summed E-state index contributed by atoms with van der Waals surface area (Å²) in [7, 11) is -3.00. The molecular formula is C24H30N4O3S2. The zero-order chi connectivity index (χ0) is 23.8. The molecular weight excluding hydrogens is 456 g/mol. The van der Waals surface area contributed by atoms with Gasteiger partial charge in [-0.3, -0.25) is 4.79 Å². The van der Waals surface area contributed by atoms with E-state index in [0.29, 0.717) is 12.0 Å². The van der Waals surface area contributed by atoms with Crippen molar-refractivity contribution >= 4 is 27.4 Å². The second-order valence-corrected chi connectivity index (χ2v) is 11.9. The van der Waals surface area contributed by atoms with Crippen LogP contribution in [0.3, 0.4) is 0 Å². The van der Waals surface area contributed by atoms with E-state index in [0.717, 1.165) is 46.5 Å². The van der Waals surface area contributed by atoms with Gasteiger partial charge in [0.1, 0.15) is 0 Å². The summed E-state index contributed by atoms with van der Waals surface area (Å²) in [5.41, 5.74) is 4.61. The second-order valence-electron chi connectivity index (χ2n) is 8.75. The summed E-state index contributed by atoms with van der Waals surface area (Å²) in [6.45, 7) is 8.78. The highest BCUT2D eigenvalue weighted by molar-refractivity contribution is 7.99. The van der Waals surface area contributed by atoms with Gasteiger partial charge in [0.25, 0.3) is 0 Å². The minimum Gasteiger partial charge on any atom is -0.344 e. The van der Waals surface area contributed by atoms with Crippen LogP contribution in [0, 0.1) is 20.8 Å². The van der Waals surface area contributed by atoms with Crippen LogP contribution in [0.5, 0.6) is 0 Å². The minimum atomic E-state index is -3.00. The molecule has 1 saturated heterocycles. The van der Waals surface area contributed by atoms with Crippen LogP contribution in [0.2, 0.25) is 0 Å². The van der Waals surface area contributed by atoms with E-state index >= 15 is 0 Å². The fourth-order valence-corrected chi connectivity index (χ4v) is 7.17. The quantitative estimate of drug-likeness (QED) is 0.346. The Balaban J connectivity index is 1.53. The van der Waals surface area contributed by atoms with Gasteiger partial charge in [0.05, 0.1) is 17.3 Å². The molecule has 0 bridgehead atoms. The van der Waals surface area contributed by atoms with Crippen molar-refractivity contribution in [1.29, 1.82) is 0 Å². The molecule has 1 aliphatic heterocycles. The maximum atomic E-state index is 13.1. The summed E-state index contributed by atoms with van der Waals surface area (Å²) in [5, 5.41) is 9.53. The molecule has 1 aliphatic rings. The first-order valence-electron chi connectivity index (χ1n) is 11.2. The summed E-state index contributed by atoms with van der Waals surface area (Å²) in [4.78, 5) is 13.1. The van der Waals surface area contributed by atoms with Crippen molar-refractivity contribution in [3.05, 3.63) is 52.8 Å². The Morgan fingerprint density at radius 3 is 2.64 bits per heavy atom. The highest BCUT2D eigenvalue weighted by atomic mass is 32.2. The average Bonchev–Trinajstić information content (AvgIpc) is 3.41. The van der Waals surface area contributed by atoms with Gasteiger partial charge in [-0.2, -0.15) is 0 Å². The maximum Gasteiger partial charge on any atom is 0.191 e. The number of carbonyl (C=O) groups excluding carboxylic acids is 1. The lowest BCUT2D eigenvalue weighted by Gasteiger charge is -2.16. The van der Waals surface area contributed by atoms with Gasteiger partial charge < -0.3 is 9.13 Å². The number of rotatable bonds is 8. The van der Waals surface area contributed by atoms with Crippen molar-refractivity contribution in [2.75, 3.05) is 17.3 Å². The monoisotopic (exact) mass is 486 g/mol. The smallest absolute Gasteiger partial charge is 0.191 e. The van der Waals surface area contributed by atoms with Crippen LogP contribution in [0.4, 0.5) is 0 Å². The van der Waals surface area contributed by atoms with Gasteiger partial charge in [-0.15, -0.1) is 10.2 Å². The Bertz CT molecular complexity index is 1290. The van der Waals surface area contributed by atoms with Gasteiger partial charge in [-0.25, -0.2) is 8.42 Å². The summed E-state index contributed by atoms with van der Waals surface area (Å²) in [5.74, 6) is 1.44. The highest BCUT2D eigenvalue weighted by Crippen LogP contribution is 2.31. The molecule has 0 amide bonds. The Hall–Kier alpha value is -2.39. The lowest BCUT2D eigenvalue weighted by molar-refractivity contribution is 0.102. The molecule has 9 heteroatoms. The molecule has 0 radical (unpaired) electrons. The molecule has 33 heavy (non-hydrogen) atoms. The van der Waals surface area contributed by atoms with Gasteiger partial charge in [0.15, 0.2) is 26.6 Å². The number of aryl methyl sites for hydroxylation is 2. The van der Waals surface area contributed by atoms with Gasteiger partial charge in [0.2, 0.25) is 0 Å². The van der Waals surface area contributed by atoms with E-state index in [9.17, 15) is 13.2 Å². The van der Waals surface area contributed by atoms with E-state index in [2.05, 4.69) is 40.7 Å². The van der Waals surface area contributed by atoms with Crippen molar-refractivity contribution < 1.29 is 13.2 Å². The Morgan fingerprint density at radius 2 is 1.97 bits per heavy atom. The fourth-order valence-electron chi connectivity index (χ4n) is 4.63. The number of hydrogen-bond donors (Lipinski definition) is 0. The van der Waals surface area contributed by atoms with Crippen LogP contribution < -0.4 is 0 Å². The Kier molecular flexibility index (Phi) is 6.81. The van der Waals surface area contributed by atoms with E-state index in [4.69, 9.17) is 0 Å². The van der Waals surface area contributed by atoms with Crippen molar-refractivity contribution in [3.63, 3.8) is 0 Å². The largest absolute Gasteiger partial charge is 0.344 e. The summed E-state index contributed by atoms with van der Waals surface area (Å²) >= 11 is 1.40. The van der Waals surface area contributed by atoms with Gasteiger partial charge in [-0.05, 0) is 45.7 Å². The molecule has 1 aromatic carbocycles. The Labute approximate surface area is 199 Å². The third-order valence-corrected chi connectivity index (χ3v) is 8.85. The van der Waals surface area contributed by atoms with E-state index in [-0.39, 0.29) is 29.1 Å². The second kappa shape index (κ2) is 9.46. The van der Waals surface area contributed by atoms with Crippen LogP contribution in [0.25, 0.3) is 11.4 Å². The molecule has 7 nitrogen and oxygen atoms in total. The lowest BCUT2D eigenvalue weighted by atomic mass is 10.1. The first kappa shape index (κ1) is 23.8. The number of carbonyl (C=O) groups is 1. The van der Waals surface area contributed by atoms with Crippen LogP contribution >= 0.6 is 11.8 Å². The van der Waals surface area contributed by atoms with Gasteiger partial charge in [0, 0.05) is 35.1 Å². The van der Waals surface area contributed by atoms with Crippen LogP contribution in [0.1, 0.15) is 53.1 Å². The van der Waals surface area contributed by atoms with E-state index in [1.54, 1.807) is 0 Å². The fraction of sp³-hybridized carbons (Fsp3) is 0.458. The SMILES string of the molecule is CCCn1c(SCC(=O)c2cc(C)n(C3CCS(=O)(=O)C3)c2C)nnc1-c1cccc(C)c1. The first-order valence-corrected chi connectivity index (χ1v) is 14.1. The lowest BCUT2D eigenvalue weighted by Crippen LogP contribution is -2.14. The molecule has 0 aliphatic carbocycles. The van der Waals surface area contributed by atoms with E-state index in [1.807, 2.05) is 36.6 Å². The maximum absolute atomic E-state index is 13.1. The number of ketones is 1. The third-order valence-electron chi connectivity index (χ3n) is 6.13. The number of nitrogens with zero attached hydrogens (tertiary/aromatic N) is 4. The third kappa shape index (κ3) is 4.94. The summed E-state index contributed by atoms with van der Waals surface area (Å²) < 4.78 is 28.0. The predicted octanol–water partition coefficient (Wildman–Crippen LogP) is 4.42. The molecule has 0 spiro atoms. The minimum absolute atomic E-state index is 0.0170. The number of thioether (sulfide) groups is 1. The molecule has 2 aromatic heterocycles. The van der Waals surface area contributed by atoms with Crippen molar-refractivity contribution in [2.24, 2.45) is 0 Å². The molecule has 176 valence electrons. The zero-order valence-corrected chi connectivity index (χ0v) is 21.2. The molecule has 3 heterocycles. The number of sulfone groups is 1. The molecule has 1 fully saturated rings. The molecule has 1 atom stereocenters. The molecule has 1 unspecified atom stereocenters. The number of aromatic nitrogens is 4. The predicted molar refractivity (Wildman–Crippen MR) is 132 cm³/mol. The van der Waals surface area contributed by atoms with Gasteiger partial charge >= 0.3 is 0 Å².